The first-order chi connectivity index (χ1) is 18.8. The monoisotopic (exact) mass is 555 g/mol. The van der Waals surface area contributed by atoms with Crippen molar-refractivity contribution in [3.63, 3.8) is 0 Å². The molecule has 2 unspecified atom stereocenters. The van der Waals surface area contributed by atoms with E-state index in [0.717, 1.165) is 30.9 Å². The molecule has 6 atom stereocenters. The Hall–Kier alpha value is -2.78. The summed E-state index contributed by atoms with van der Waals surface area (Å²) in [5.74, 6) is -2.13. The molecule has 1 aromatic carbocycles. The predicted octanol–water partition coefficient (Wildman–Crippen LogP) is 3.64. The number of nitrogens with zero attached hydrogens (tertiary/aromatic N) is 3. The summed E-state index contributed by atoms with van der Waals surface area (Å²) >= 11 is 1.59. The van der Waals surface area contributed by atoms with Crippen LogP contribution in [0.3, 0.4) is 0 Å². The van der Waals surface area contributed by atoms with E-state index >= 15 is 0 Å². The number of rotatable bonds is 13. The van der Waals surface area contributed by atoms with Crippen molar-refractivity contribution in [2.75, 3.05) is 42.6 Å². The van der Waals surface area contributed by atoms with Crippen molar-refractivity contribution in [1.29, 1.82) is 0 Å². The lowest BCUT2D eigenvalue weighted by Crippen LogP contribution is -2.57. The first-order valence-corrected chi connectivity index (χ1v) is 14.9. The van der Waals surface area contributed by atoms with Gasteiger partial charge < -0.3 is 24.5 Å². The number of ether oxygens (including phenoxy) is 1. The van der Waals surface area contributed by atoms with E-state index in [1.165, 1.54) is 6.08 Å². The minimum absolute atomic E-state index is 0.0795. The van der Waals surface area contributed by atoms with Crippen LogP contribution < -0.4 is 9.80 Å². The summed E-state index contributed by atoms with van der Waals surface area (Å²) in [5, 5.41) is 10.2. The molecule has 9 heteroatoms. The molecule has 3 aliphatic rings. The van der Waals surface area contributed by atoms with Crippen molar-refractivity contribution in [2.24, 2.45) is 11.8 Å². The second-order valence-corrected chi connectivity index (χ2v) is 12.0. The molecule has 1 aromatic rings. The summed E-state index contributed by atoms with van der Waals surface area (Å²) in [6.07, 6.45) is 5.08. The number of likely N-dealkylation sites (tertiary alicyclic amines) is 1. The highest BCUT2D eigenvalue weighted by atomic mass is 32.2. The van der Waals surface area contributed by atoms with Gasteiger partial charge in [-0.1, -0.05) is 25.7 Å². The highest BCUT2D eigenvalue weighted by Gasteiger charge is 2.74. The normalized spacial score (nSPS) is 27.7. The number of thioether (sulfide) groups is 1. The van der Waals surface area contributed by atoms with Gasteiger partial charge in [-0.3, -0.25) is 14.4 Å². The lowest BCUT2D eigenvalue weighted by molar-refractivity contribution is -0.153. The second kappa shape index (κ2) is 12.2. The highest BCUT2D eigenvalue weighted by molar-refractivity contribution is 8.02. The van der Waals surface area contributed by atoms with Gasteiger partial charge in [0.1, 0.15) is 12.6 Å². The topological polar surface area (TPSA) is 90.4 Å². The van der Waals surface area contributed by atoms with Crippen LogP contribution in [0.1, 0.15) is 40.0 Å². The quantitative estimate of drug-likeness (QED) is 0.294. The molecule has 8 nitrogen and oxygen atoms in total. The maximum atomic E-state index is 14.6. The molecule has 212 valence electrons. The van der Waals surface area contributed by atoms with Crippen molar-refractivity contribution in [2.45, 2.75) is 62.1 Å². The summed E-state index contributed by atoms with van der Waals surface area (Å²) in [6, 6.07) is 6.56. The third-order valence-electron chi connectivity index (χ3n) is 8.53. The summed E-state index contributed by atoms with van der Waals surface area (Å²) < 4.78 is 4.68. The first kappa shape index (κ1) is 29.2. The van der Waals surface area contributed by atoms with E-state index in [9.17, 15) is 19.5 Å². The van der Waals surface area contributed by atoms with Crippen molar-refractivity contribution in [3.05, 3.63) is 49.6 Å². The van der Waals surface area contributed by atoms with E-state index in [0.29, 0.717) is 12.8 Å². The number of esters is 1. The molecule has 0 aromatic heterocycles. The predicted molar refractivity (Wildman–Crippen MR) is 156 cm³/mol. The molecule has 0 saturated carbocycles. The van der Waals surface area contributed by atoms with Gasteiger partial charge in [-0.05, 0) is 57.4 Å². The summed E-state index contributed by atoms with van der Waals surface area (Å²) in [6.45, 7) is 15.5. The molecule has 2 bridgehead atoms. The highest BCUT2D eigenvalue weighted by Crippen LogP contribution is 2.67. The van der Waals surface area contributed by atoms with Crippen LogP contribution in [-0.2, 0) is 19.1 Å². The maximum absolute atomic E-state index is 14.6. The fourth-order valence-electron chi connectivity index (χ4n) is 6.71. The zero-order chi connectivity index (χ0) is 28.3. The van der Waals surface area contributed by atoms with Gasteiger partial charge in [0.05, 0.1) is 29.2 Å². The molecular weight excluding hydrogens is 514 g/mol. The molecule has 3 saturated heterocycles. The van der Waals surface area contributed by atoms with Crippen LogP contribution in [0, 0.1) is 11.8 Å². The zero-order valence-electron chi connectivity index (χ0n) is 23.3. The number of amides is 2. The van der Waals surface area contributed by atoms with Crippen molar-refractivity contribution < 1.29 is 24.2 Å². The second-order valence-electron chi connectivity index (χ2n) is 10.4. The van der Waals surface area contributed by atoms with E-state index in [4.69, 9.17) is 4.74 Å². The summed E-state index contributed by atoms with van der Waals surface area (Å²) in [4.78, 5) is 47.4. The fourth-order valence-corrected chi connectivity index (χ4v) is 8.90. The Labute approximate surface area is 236 Å². The number of carbonyl (C=O) groups is 3. The molecule has 1 spiro atoms. The molecular formula is C30H41N3O5S. The number of fused-ring (bicyclic) bond motifs is 1. The number of anilines is 2. The number of carbonyl (C=O) groups excluding carboxylic acids is 3. The van der Waals surface area contributed by atoms with Gasteiger partial charge in [0.25, 0.3) is 5.91 Å². The van der Waals surface area contributed by atoms with Crippen LogP contribution in [0.25, 0.3) is 0 Å². The van der Waals surface area contributed by atoms with Gasteiger partial charge in [-0.2, -0.15) is 0 Å². The first-order valence-electron chi connectivity index (χ1n) is 14.0. The Morgan fingerprint density at radius 2 is 1.85 bits per heavy atom. The minimum Gasteiger partial charge on any atom is -0.461 e. The minimum atomic E-state index is -0.804. The smallest absolute Gasteiger partial charge is 0.311 e. The van der Waals surface area contributed by atoms with Crippen LogP contribution in [0.2, 0.25) is 0 Å². The van der Waals surface area contributed by atoms with Crippen LogP contribution in [0.15, 0.2) is 49.6 Å². The lowest BCUT2D eigenvalue weighted by atomic mass is 9.71. The molecule has 39 heavy (non-hydrogen) atoms. The van der Waals surface area contributed by atoms with E-state index in [2.05, 4.69) is 31.9 Å². The Balaban J connectivity index is 1.75. The SMILES string of the molecule is C=CCOC(=O)[C@@H]1[C@H]2C(=O)N([C@@H](CC)CO)C(C(=O)N(CC=C)c3ccc(N(CC)CC)cc3)C23CC[C@H]1S3. The van der Waals surface area contributed by atoms with Gasteiger partial charge in [0, 0.05) is 36.3 Å². The van der Waals surface area contributed by atoms with Crippen molar-refractivity contribution in [3.8, 4) is 0 Å². The van der Waals surface area contributed by atoms with Crippen molar-refractivity contribution >= 4 is 40.9 Å². The van der Waals surface area contributed by atoms with Crippen LogP contribution in [0.4, 0.5) is 11.4 Å². The van der Waals surface area contributed by atoms with Gasteiger partial charge in [0.2, 0.25) is 5.91 Å². The average Bonchev–Trinajstić information content (AvgIpc) is 3.60. The molecule has 3 fully saturated rings. The Morgan fingerprint density at radius 3 is 2.41 bits per heavy atom. The number of aliphatic hydroxyl groups excluding tert-OH is 1. The van der Waals surface area contributed by atoms with Gasteiger partial charge >= 0.3 is 5.97 Å². The van der Waals surface area contributed by atoms with Gasteiger partial charge in [-0.15, -0.1) is 18.3 Å². The Bertz CT molecular complexity index is 1090. The molecule has 3 aliphatic heterocycles. The summed E-state index contributed by atoms with van der Waals surface area (Å²) in [7, 11) is 0. The summed E-state index contributed by atoms with van der Waals surface area (Å²) in [5.41, 5.74) is 1.79. The van der Waals surface area contributed by atoms with Crippen LogP contribution in [-0.4, -0.2) is 82.7 Å². The average molecular weight is 556 g/mol. The van der Waals surface area contributed by atoms with E-state index in [1.807, 2.05) is 31.2 Å². The van der Waals surface area contributed by atoms with Crippen LogP contribution in [0.5, 0.6) is 0 Å². The maximum Gasteiger partial charge on any atom is 0.311 e. The third-order valence-corrected chi connectivity index (χ3v) is 10.5. The number of hydrogen-bond acceptors (Lipinski definition) is 7. The largest absolute Gasteiger partial charge is 0.461 e. The number of benzene rings is 1. The third kappa shape index (κ3) is 4.88. The molecule has 3 heterocycles. The molecule has 4 rings (SSSR count). The van der Waals surface area contributed by atoms with E-state index < -0.39 is 34.6 Å². The Kier molecular flexibility index (Phi) is 9.11. The van der Waals surface area contributed by atoms with Crippen molar-refractivity contribution in [1.82, 2.24) is 4.90 Å². The van der Waals surface area contributed by atoms with Crippen LogP contribution >= 0.6 is 11.8 Å². The zero-order valence-corrected chi connectivity index (χ0v) is 24.1. The lowest BCUT2D eigenvalue weighted by Gasteiger charge is -2.39. The van der Waals surface area contributed by atoms with E-state index in [1.54, 1.807) is 27.6 Å². The molecule has 1 N–H and O–H groups in total. The Morgan fingerprint density at radius 1 is 1.18 bits per heavy atom. The fraction of sp³-hybridized carbons (Fsp3) is 0.567. The molecule has 2 amide bonds. The van der Waals surface area contributed by atoms with Gasteiger partial charge in [0.15, 0.2) is 0 Å². The van der Waals surface area contributed by atoms with E-state index in [-0.39, 0.29) is 36.8 Å². The molecule has 0 radical (unpaired) electrons. The standard InChI is InChI=1S/C30H41N3O5S/c1-6-17-32(22-13-11-21(12-14-22)31(9-4)10-5)28(36)26-30-16-15-23(39-30)24(29(37)38-18-7-2)25(30)27(35)33(26)20(8-3)19-34/h6-7,11-14,20,23-26,34H,1-2,8-10,15-19H2,3-5H3/t20-,23+,24-,25-,26?,30?/m0/s1. The number of hydrogen-bond donors (Lipinski definition) is 1. The van der Waals surface area contributed by atoms with Gasteiger partial charge in [-0.25, -0.2) is 0 Å². The molecule has 0 aliphatic carbocycles. The number of aliphatic hydroxyl groups is 1.